The van der Waals surface area contributed by atoms with Crippen molar-refractivity contribution in [2.75, 3.05) is 12.3 Å². The summed E-state index contributed by atoms with van der Waals surface area (Å²) in [6, 6.07) is 2.80. The number of rotatable bonds is 5. The summed E-state index contributed by atoms with van der Waals surface area (Å²) in [5, 5.41) is 0.109. The molecule has 3 rings (SSSR count). The molecule has 0 saturated heterocycles. The van der Waals surface area contributed by atoms with E-state index in [0.717, 1.165) is 12.8 Å². The summed E-state index contributed by atoms with van der Waals surface area (Å²) < 4.78 is 27.4. The zero-order valence-corrected chi connectivity index (χ0v) is 13.2. The number of hydrogen-bond acceptors (Lipinski definition) is 3. The SMILES string of the molecule is Nc1cc(Cl)c(S(=O)(=O)NCC2(C3CC3)CC2)c(Cl)c1. The van der Waals surface area contributed by atoms with E-state index >= 15 is 0 Å². The highest BCUT2D eigenvalue weighted by Gasteiger charge is 2.53. The first-order valence-corrected chi connectivity index (χ1v) is 8.82. The summed E-state index contributed by atoms with van der Waals surface area (Å²) in [5.74, 6) is 0.683. The Bertz CT molecular complexity index is 629. The normalized spacial score (nSPS) is 20.9. The summed E-state index contributed by atoms with van der Waals surface area (Å²) in [4.78, 5) is -0.0818. The van der Waals surface area contributed by atoms with E-state index in [1.807, 2.05) is 0 Å². The maximum atomic E-state index is 12.4. The maximum absolute atomic E-state index is 12.4. The number of nitrogens with one attached hydrogen (secondary N) is 1. The van der Waals surface area contributed by atoms with Gasteiger partial charge < -0.3 is 5.73 Å². The predicted octanol–water partition coefficient (Wildman–Crippen LogP) is 3.04. The van der Waals surface area contributed by atoms with Crippen LogP contribution in [0.1, 0.15) is 25.7 Å². The van der Waals surface area contributed by atoms with Crippen LogP contribution in [0.25, 0.3) is 0 Å². The molecular weight excluding hydrogens is 319 g/mol. The average Bonchev–Trinajstić information content (AvgIpc) is 3.18. The number of halogens is 2. The van der Waals surface area contributed by atoms with Crippen molar-refractivity contribution in [3.63, 3.8) is 0 Å². The third-order valence-electron chi connectivity index (χ3n) is 4.24. The molecule has 0 unspecified atom stereocenters. The van der Waals surface area contributed by atoms with Crippen molar-refractivity contribution in [1.29, 1.82) is 0 Å². The second kappa shape index (κ2) is 4.77. The van der Waals surface area contributed by atoms with Gasteiger partial charge in [0, 0.05) is 12.2 Å². The largest absolute Gasteiger partial charge is 0.399 e. The molecule has 7 heteroatoms. The van der Waals surface area contributed by atoms with Crippen molar-refractivity contribution < 1.29 is 8.42 Å². The Morgan fingerprint density at radius 2 is 1.80 bits per heavy atom. The van der Waals surface area contributed by atoms with E-state index in [2.05, 4.69) is 4.72 Å². The van der Waals surface area contributed by atoms with Crippen LogP contribution in [-0.2, 0) is 10.0 Å². The lowest BCUT2D eigenvalue weighted by atomic mass is 10.0. The van der Waals surface area contributed by atoms with E-state index in [-0.39, 0.29) is 20.4 Å². The second-order valence-corrected chi connectivity index (χ2v) is 8.29. The fraction of sp³-hybridized carbons (Fsp3) is 0.538. The first-order valence-electron chi connectivity index (χ1n) is 6.58. The molecule has 0 radical (unpaired) electrons. The van der Waals surface area contributed by atoms with Gasteiger partial charge in [0.05, 0.1) is 10.0 Å². The van der Waals surface area contributed by atoms with Crippen LogP contribution in [0, 0.1) is 11.3 Å². The van der Waals surface area contributed by atoms with Crippen LogP contribution in [0.2, 0.25) is 10.0 Å². The van der Waals surface area contributed by atoms with Crippen molar-refractivity contribution >= 4 is 38.9 Å². The summed E-state index contributed by atoms with van der Waals surface area (Å²) in [7, 11) is -3.71. The van der Waals surface area contributed by atoms with Crippen molar-refractivity contribution in [2.45, 2.75) is 30.6 Å². The van der Waals surface area contributed by atoms with Crippen LogP contribution in [0.15, 0.2) is 17.0 Å². The Kier molecular flexibility index (Phi) is 3.44. The zero-order chi connectivity index (χ0) is 14.5. The molecule has 110 valence electrons. The van der Waals surface area contributed by atoms with E-state index in [1.54, 1.807) is 0 Å². The quantitative estimate of drug-likeness (QED) is 0.813. The van der Waals surface area contributed by atoms with Crippen LogP contribution in [-0.4, -0.2) is 15.0 Å². The first-order chi connectivity index (χ1) is 9.34. The Balaban J connectivity index is 1.81. The lowest BCUT2D eigenvalue weighted by molar-refractivity contribution is 0.432. The molecule has 2 aliphatic carbocycles. The fourth-order valence-corrected chi connectivity index (χ4v) is 5.10. The molecule has 3 N–H and O–H groups in total. The number of sulfonamides is 1. The van der Waals surface area contributed by atoms with E-state index < -0.39 is 10.0 Å². The highest BCUT2D eigenvalue weighted by Crippen LogP contribution is 2.60. The molecule has 0 aliphatic heterocycles. The van der Waals surface area contributed by atoms with Gasteiger partial charge in [-0.2, -0.15) is 0 Å². The van der Waals surface area contributed by atoms with E-state index in [9.17, 15) is 8.42 Å². The van der Waals surface area contributed by atoms with Crippen LogP contribution in [0.3, 0.4) is 0 Å². The molecule has 2 saturated carbocycles. The molecule has 0 spiro atoms. The maximum Gasteiger partial charge on any atom is 0.243 e. The molecule has 2 fully saturated rings. The van der Waals surface area contributed by atoms with Gasteiger partial charge in [0.1, 0.15) is 4.90 Å². The molecule has 0 aromatic heterocycles. The zero-order valence-electron chi connectivity index (χ0n) is 10.8. The second-order valence-electron chi connectivity index (χ2n) is 5.77. The minimum atomic E-state index is -3.71. The Morgan fingerprint density at radius 1 is 1.25 bits per heavy atom. The van der Waals surface area contributed by atoms with Crippen LogP contribution < -0.4 is 10.5 Å². The molecule has 2 aliphatic rings. The van der Waals surface area contributed by atoms with Gasteiger partial charge in [-0.25, -0.2) is 13.1 Å². The summed E-state index contributed by atoms with van der Waals surface area (Å²) in [6.07, 6.45) is 4.63. The first kappa shape index (κ1) is 14.4. The van der Waals surface area contributed by atoms with Crippen molar-refractivity contribution in [2.24, 2.45) is 11.3 Å². The van der Waals surface area contributed by atoms with Gasteiger partial charge in [-0.15, -0.1) is 0 Å². The Morgan fingerprint density at radius 3 is 2.25 bits per heavy atom. The van der Waals surface area contributed by atoms with Crippen LogP contribution >= 0.6 is 23.2 Å². The van der Waals surface area contributed by atoms with Gasteiger partial charge in [-0.1, -0.05) is 23.2 Å². The number of anilines is 1. The fourth-order valence-electron chi connectivity index (χ4n) is 2.73. The molecule has 0 atom stereocenters. The van der Waals surface area contributed by atoms with Gasteiger partial charge in [0.25, 0.3) is 0 Å². The lowest BCUT2D eigenvalue weighted by Gasteiger charge is -2.16. The topological polar surface area (TPSA) is 72.2 Å². The van der Waals surface area contributed by atoms with E-state index in [1.165, 1.54) is 25.0 Å². The summed E-state index contributed by atoms with van der Waals surface area (Å²) in [6.45, 7) is 0.469. The number of benzene rings is 1. The van der Waals surface area contributed by atoms with Crippen LogP contribution in [0.4, 0.5) is 5.69 Å². The molecule has 20 heavy (non-hydrogen) atoms. The predicted molar refractivity (Wildman–Crippen MR) is 80.5 cm³/mol. The lowest BCUT2D eigenvalue weighted by Crippen LogP contribution is -2.31. The third kappa shape index (κ3) is 2.64. The van der Waals surface area contributed by atoms with E-state index in [4.69, 9.17) is 28.9 Å². The van der Waals surface area contributed by atoms with Crippen LogP contribution in [0.5, 0.6) is 0 Å². The number of hydrogen-bond donors (Lipinski definition) is 2. The van der Waals surface area contributed by atoms with Gasteiger partial charge in [-0.3, -0.25) is 0 Å². The van der Waals surface area contributed by atoms with Gasteiger partial charge in [0.2, 0.25) is 10.0 Å². The molecule has 4 nitrogen and oxygen atoms in total. The molecule has 0 amide bonds. The standard InChI is InChI=1S/C13H16Cl2N2O2S/c14-10-5-9(16)6-11(15)12(10)20(18,19)17-7-13(3-4-13)8-1-2-8/h5-6,8,17H,1-4,7,16H2. The average molecular weight is 335 g/mol. The molecular formula is C13H16Cl2N2O2S. The van der Waals surface area contributed by atoms with E-state index in [0.29, 0.717) is 18.2 Å². The van der Waals surface area contributed by atoms with Crippen molar-refractivity contribution in [1.82, 2.24) is 4.72 Å². The highest BCUT2D eigenvalue weighted by atomic mass is 35.5. The molecule has 1 aromatic carbocycles. The van der Waals surface area contributed by atoms with Crippen molar-refractivity contribution in [3.8, 4) is 0 Å². The van der Waals surface area contributed by atoms with Crippen molar-refractivity contribution in [3.05, 3.63) is 22.2 Å². The third-order valence-corrected chi connectivity index (χ3v) is 6.56. The minimum Gasteiger partial charge on any atom is -0.399 e. The Hall–Kier alpha value is -0.490. The smallest absolute Gasteiger partial charge is 0.243 e. The minimum absolute atomic E-state index is 0.0544. The highest BCUT2D eigenvalue weighted by molar-refractivity contribution is 7.89. The summed E-state index contributed by atoms with van der Waals surface area (Å²) >= 11 is 12.0. The number of nitrogens with two attached hydrogens (primary N) is 1. The monoisotopic (exact) mass is 334 g/mol. The Labute approximate surface area is 128 Å². The van der Waals surface area contributed by atoms with Gasteiger partial charge >= 0.3 is 0 Å². The molecule has 0 bridgehead atoms. The molecule has 0 heterocycles. The summed E-state index contributed by atoms with van der Waals surface area (Å²) in [5.41, 5.74) is 6.11. The van der Waals surface area contributed by atoms with Gasteiger partial charge in [0.15, 0.2) is 0 Å². The van der Waals surface area contributed by atoms with Gasteiger partial charge in [-0.05, 0) is 49.1 Å². The molecule has 1 aromatic rings. The number of nitrogen functional groups attached to an aromatic ring is 1.